The Morgan fingerprint density at radius 3 is 3.25 bits per heavy atom. The van der Waals surface area contributed by atoms with Gasteiger partial charge in [0.15, 0.2) is 0 Å². The van der Waals surface area contributed by atoms with E-state index in [9.17, 15) is 5.11 Å². The van der Waals surface area contributed by atoms with Crippen molar-refractivity contribution in [2.24, 2.45) is 0 Å². The van der Waals surface area contributed by atoms with Gasteiger partial charge in [-0.05, 0) is 32.4 Å². The number of hydrogen-bond acceptors (Lipinski definition) is 4. The van der Waals surface area contributed by atoms with Crippen molar-refractivity contribution in [3.63, 3.8) is 0 Å². The summed E-state index contributed by atoms with van der Waals surface area (Å²) in [5, 5.41) is 13.2. The Balaban J connectivity index is 1.47. The Hall–Kier alpha value is -1.10. The van der Waals surface area contributed by atoms with Gasteiger partial charge in [-0.25, -0.2) is 0 Å². The lowest BCUT2D eigenvalue weighted by Crippen LogP contribution is -2.49. The lowest BCUT2D eigenvalue weighted by Gasteiger charge is -2.35. The Bertz CT molecular complexity index is 464. The highest BCUT2D eigenvalue weighted by molar-refractivity contribution is 5.35. The van der Waals surface area contributed by atoms with Crippen molar-refractivity contribution in [1.29, 1.82) is 0 Å². The molecule has 2 fully saturated rings. The molecule has 2 aliphatic rings. The molecule has 1 aromatic rings. The summed E-state index contributed by atoms with van der Waals surface area (Å²) < 4.78 is 5.92. The van der Waals surface area contributed by atoms with Crippen molar-refractivity contribution in [2.75, 3.05) is 26.2 Å². The summed E-state index contributed by atoms with van der Waals surface area (Å²) in [6.45, 7) is 6.72. The Labute approximate surface area is 120 Å². The fourth-order valence-corrected chi connectivity index (χ4v) is 3.23. The third-order valence-corrected chi connectivity index (χ3v) is 4.38. The van der Waals surface area contributed by atoms with Gasteiger partial charge in [0, 0.05) is 31.2 Å². The lowest BCUT2D eigenvalue weighted by molar-refractivity contribution is -0.0470. The molecule has 0 aromatic heterocycles. The zero-order valence-corrected chi connectivity index (χ0v) is 12.1. The molecule has 0 amide bonds. The number of phenols is 1. The molecule has 2 saturated heterocycles. The highest BCUT2D eigenvalue weighted by atomic mass is 16.5. The second kappa shape index (κ2) is 6.12. The Morgan fingerprint density at radius 2 is 2.35 bits per heavy atom. The van der Waals surface area contributed by atoms with Crippen LogP contribution in [0.4, 0.5) is 0 Å². The first-order chi connectivity index (χ1) is 9.72. The van der Waals surface area contributed by atoms with E-state index in [0.717, 1.165) is 25.3 Å². The van der Waals surface area contributed by atoms with Gasteiger partial charge in [-0.1, -0.05) is 17.7 Å². The van der Waals surface area contributed by atoms with Gasteiger partial charge in [-0.15, -0.1) is 0 Å². The van der Waals surface area contributed by atoms with Crippen molar-refractivity contribution in [1.82, 2.24) is 10.2 Å². The van der Waals surface area contributed by atoms with E-state index >= 15 is 0 Å². The van der Waals surface area contributed by atoms with Gasteiger partial charge in [0.05, 0.1) is 12.7 Å². The van der Waals surface area contributed by atoms with Gasteiger partial charge in [0.1, 0.15) is 5.75 Å². The van der Waals surface area contributed by atoms with E-state index in [-0.39, 0.29) is 6.10 Å². The van der Waals surface area contributed by atoms with Crippen LogP contribution in [0.2, 0.25) is 0 Å². The zero-order valence-electron chi connectivity index (χ0n) is 12.1. The SMILES string of the molecule is Cc1ccc(O)c(CNCC2CN3CCCC3CO2)c1. The zero-order chi connectivity index (χ0) is 13.9. The number of nitrogens with zero attached hydrogens (tertiary/aromatic N) is 1. The molecule has 0 spiro atoms. The lowest BCUT2D eigenvalue weighted by atomic mass is 10.1. The van der Waals surface area contributed by atoms with Gasteiger partial charge in [0.2, 0.25) is 0 Å². The quantitative estimate of drug-likeness (QED) is 0.878. The molecule has 1 aromatic carbocycles. The molecule has 2 unspecified atom stereocenters. The number of nitrogens with one attached hydrogen (secondary N) is 1. The summed E-state index contributed by atoms with van der Waals surface area (Å²) in [5.41, 5.74) is 2.13. The highest BCUT2D eigenvalue weighted by Gasteiger charge is 2.31. The number of rotatable bonds is 4. The van der Waals surface area contributed by atoms with E-state index in [1.54, 1.807) is 6.07 Å². The maximum absolute atomic E-state index is 9.82. The molecular weight excluding hydrogens is 252 g/mol. The fraction of sp³-hybridized carbons (Fsp3) is 0.625. The molecular formula is C16H24N2O2. The summed E-state index contributed by atoms with van der Waals surface area (Å²) >= 11 is 0. The minimum atomic E-state index is 0.274. The smallest absolute Gasteiger partial charge is 0.120 e. The van der Waals surface area contributed by atoms with Crippen molar-refractivity contribution in [3.8, 4) is 5.75 Å². The van der Waals surface area contributed by atoms with Crippen LogP contribution >= 0.6 is 0 Å². The molecule has 0 bridgehead atoms. The van der Waals surface area contributed by atoms with Crippen molar-refractivity contribution in [3.05, 3.63) is 29.3 Å². The van der Waals surface area contributed by atoms with Crippen LogP contribution in [0, 0.1) is 6.92 Å². The molecule has 2 heterocycles. The van der Waals surface area contributed by atoms with E-state index in [4.69, 9.17) is 4.74 Å². The summed E-state index contributed by atoms with van der Waals surface area (Å²) in [4.78, 5) is 2.56. The second-order valence-electron chi connectivity index (χ2n) is 6.01. The van der Waals surface area contributed by atoms with Crippen molar-refractivity contribution < 1.29 is 9.84 Å². The molecule has 20 heavy (non-hydrogen) atoms. The minimum Gasteiger partial charge on any atom is -0.508 e. The first-order valence-electron chi connectivity index (χ1n) is 7.57. The molecule has 0 radical (unpaired) electrons. The van der Waals surface area contributed by atoms with Crippen molar-refractivity contribution in [2.45, 2.75) is 38.5 Å². The van der Waals surface area contributed by atoms with Gasteiger partial charge >= 0.3 is 0 Å². The molecule has 0 saturated carbocycles. The van der Waals surface area contributed by atoms with E-state index in [0.29, 0.717) is 18.3 Å². The molecule has 4 nitrogen and oxygen atoms in total. The number of aromatic hydroxyl groups is 1. The predicted octanol–water partition coefficient (Wildman–Crippen LogP) is 1.65. The maximum Gasteiger partial charge on any atom is 0.120 e. The Morgan fingerprint density at radius 1 is 1.45 bits per heavy atom. The van der Waals surface area contributed by atoms with Crippen LogP contribution < -0.4 is 5.32 Å². The van der Waals surface area contributed by atoms with E-state index in [1.807, 2.05) is 19.1 Å². The Kier molecular flexibility index (Phi) is 4.24. The molecule has 3 rings (SSSR count). The van der Waals surface area contributed by atoms with Crippen molar-refractivity contribution >= 4 is 0 Å². The van der Waals surface area contributed by atoms with Crippen LogP contribution in [0.3, 0.4) is 0 Å². The van der Waals surface area contributed by atoms with Crippen LogP contribution in [0.5, 0.6) is 5.75 Å². The minimum absolute atomic E-state index is 0.274. The normalized spacial score (nSPS) is 26.6. The number of hydrogen-bond donors (Lipinski definition) is 2. The van der Waals surface area contributed by atoms with Gasteiger partial charge < -0.3 is 15.2 Å². The van der Waals surface area contributed by atoms with E-state index in [2.05, 4.69) is 10.2 Å². The predicted molar refractivity (Wildman–Crippen MR) is 78.9 cm³/mol. The maximum atomic E-state index is 9.82. The summed E-state index contributed by atoms with van der Waals surface area (Å²) in [7, 11) is 0. The van der Waals surface area contributed by atoms with Gasteiger partial charge in [-0.3, -0.25) is 4.90 Å². The third-order valence-electron chi connectivity index (χ3n) is 4.38. The molecule has 2 aliphatic heterocycles. The first kappa shape index (κ1) is 13.9. The fourth-order valence-electron chi connectivity index (χ4n) is 3.23. The monoisotopic (exact) mass is 276 g/mol. The molecule has 2 N–H and O–H groups in total. The van der Waals surface area contributed by atoms with E-state index in [1.165, 1.54) is 24.9 Å². The van der Waals surface area contributed by atoms with Crippen LogP contribution in [-0.4, -0.2) is 48.4 Å². The van der Waals surface area contributed by atoms with Crippen LogP contribution in [0.15, 0.2) is 18.2 Å². The molecule has 2 atom stereocenters. The molecule has 0 aliphatic carbocycles. The molecule has 110 valence electrons. The van der Waals surface area contributed by atoms with Gasteiger partial charge in [0.25, 0.3) is 0 Å². The summed E-state index contributed by atoms with van der Waals surface area (Å²) in [6.07, 6.45) is 2.87. The summed E-state index contributed by atoms with van der Waals surface area (Å²) in [5.74, 6) is 0.368. The number of fused-ring (bicyclic) bond motifs is 1. The number of ether oxygens (including phenoxy) is 1. The second-order valence-corrected chi connectivity index (χ2v) is 6.01. The number of aryl methyl sites for hydroxylation is 1. The summed E-state index contributed by atoms with van der Waals surface area (Å²) in [6, 6.07) is 6.38. The largest absolute Gasteiger partial charge is 0.508 e. The van der Waals surface area contributed by atoms with E-state index < -0.39 is 0 Å². The standard InChI is InChI=1S/C16H24N2O2/c1-12-4-5-16(19)13(7-12)8-17-9-15-10-18-6-2-3-14(18)11-20-15/h4-5,7,14-15,17,19H,2-3,6,8-11H2,1H3. The first-order valence-corrected chi connectivity index (χ1v) is 7.57. The number of morpholine rings is 1. The van der Waals surface area contributed by atoms with Gasteiger partial charge in [-0.2, -0.15) is 0 Å². The third kappa shape index (κ3) is 3.14. The topological polar surface area (TPSA) is 44.7 Å². The van der Waals surface area contributed by atoms with Crippen LogP contribution in [0.1, 0.15) is 24.0 Å². The average molecular weight is 276 g/mol. The average Bonchev–Trinajstić information content (AvgIpc) is 2.90. The number of benzene rings is 1. The number of phenolic OH excluding ortho intramolecular Hbond substituents is 1. The van der Waals surface area contributed by atoms with Crippen LogP contribution in [-0.2, 0) is 11.3 Å². The van der Waals surface area contributed by atoms with Crippen LogP contribution in [0.25, 0.3) is 0 Å². The highest BCUT2D eigenvalue weighted by Crippen LogP contribution is 2.22. The molecule has 4 heteroatoms.